The molecule has 0 bridgehead atoms. The van der Waals surface area contributed by atoms with Crippen LogP contribution >= 0.6 is 0 Å². The number of halogens is 3. The van der Waals surface area contributed by atoms with Gasteiger partial charge in [0.25, 0.3) is 0 Å². The smallest absolute Gasteiger partial charge is 0.336 e. The Kier molecular flexibility index (Phi) is 6.86. The first kappa shape index (κ1) is 23.3. The highest BCUT2D eigenvalue weighted by molar-refractivity contribution is 6.01. The number of hydrogen-bond acceptors (Lipinski definition) is 3. The van der Waals surface area contributed by atoms with Gasteiger partial charge in [0.05, 0.1) is 23.7 Å². The highest BCUT2D eigenvalue weighted by Gasteiger charge is 2.37. The van der Waals surface area contributed by atoms with Gasteiger partial charge < -0.3 is 15.1 Å². The lowest BCUT2D eigenvalue weighted by Crippen LogP contribution is -2.39. The van der Waals surface area contributed by atoms with Gasteiger partial charge in [0.2, 0.25) is 17.7 Å². The molecule has 32 heavy (non-hydrogen) atoms. The van der Waals surface area contributed by atoms with E-state index in [-0.39, 0.29) is 24.6 Å². The third kappa shape index (κ3) is 5.27. The van der Waals surface area contributed by atoms with Crippen molar-refractivity contribution in [1.29, 1.82) is 0 Å². The number of carbonyl (C=O) groups is 3. The SMILES string of the molecule is CCc1cccc(N2CC(C(=O)N(C)CC(=O)Nc3ccccc3C(F)(F)F)CC2=O)c1. The third-order valence-corrected chi connectivity index (χ3v) is 5.37. The number of para-hydroxylation sites is 1. The van der Waals surface area contributed by atoms with Gasteiger partial charge in [-0.1, -0.05) is 31.2 Å². The maximum atomic E-state index is 13.1. The van der Waals surface area contributed by atoms with Crippen LogP contribution in [0, 0.1) is 5.92 Å². The highest BCUT2D eigenvalue weighted by Crippen LogP contribution is 2.34. The van der Waals surface area contributed by atoms with Crippen molar-refractivity contribution in [1.82, 2.24) is 4.90 Å². The van der Waals surface area contributed by atoms with E-state index in [1.807, 2.05) is 25.1 Å². The van der Waals surface area contributed by atoms with Crippen molar-refractivity contribution in [2.75, 3.05) is 30.4 Å². The van der Waals surface area contributed by atoms with E-state index < -0.39 is 36.0 Å². The maximum absolute atomic E-state index is 13.1. The minimum atomic E-state index is -4.62. The van der Waals surface area contributed by atoms with Gasteiger partial charge in [0.1, 0.15) is 0 Å². The molecule has 1 heterocycles. The van der Waals surface area contributed by atoms with Crippen molar-refractivity contribution in [2.24, 2.45) is 5.92 Å². The molecule has 1 aliphatic rings. The summed E-state index contributed by atoms with van der Waals surface area (Å²) in [7, 11) is 1.39. The van der Waals surface area contributed by atoms with Gasteiger partial charge in [-0.3, -0.25) is 14.4 Å². The van der Waals surface area contributed by atoms with Gasteiger partial charge in [0.15, 0.2) is 0 Å². The van der Waals surface area contributed by atoms with E-state index in [2.05, 4.69) is 5.32 Å². The van der Waals surface area contributed by atoms with Crippen molar-refractivity contribution in [3.8, 4) is 0 Å². The highest BCUT2D eigenvalue weighted by atomic mass is 19.4. The van der Waals surface area contributed by atoms with Gasteiger partial charge in [-0.15, -0.1) is 0 Å². The van der Waals surface area contributed by atoms with Gasteiger partial charge in [-0.25, -0.2) is 0 Å². The predicted molar refractivity (Wildman–Crippen MR) is 114 cm³/mol. The van der Waals surface area contributed by atoms with Crippen molar-refractivity contribution in [2.45, 2.75) is 25.9 Å². The molecule has 3 amide bonds. The number of amides is 3. The molecule has 2 aromatic rings. The first-order valence-electron chi connectivity index (χ1n) is 10.2. The normalized spacial score (nSPS) is 16.2. The fourth-order valence-electron chi connectivity index (χ4n) is 3.70. The number of alkyl halides is 3. The maximum Gasteiger partial charge on any atom is 0.418 e. The number of hydrogen-bond donors (Lipinski definition) is 1. The zero-order valence-corrected chi connectivity index (χ0v) is 17.8. The summed E-state index contributed by atoms with van der Waals surface area (Å²) in [6, 6.07) is 12.2. The predicted octanol–water partition coefficient (Wildman–Crippen LogP) is 3.72. The molecule has 1 aliphatic heterocycles. The molecule has 170 valence electrons. The molecule has 1 N–H and O–H groups in total. The number of benzene rings is 2. The average Bonchev–Trinajstić information content (AvgIpc) is 3.14. The Morgan fingerprint density at radius 2 is 1.88 bits per heavy atom. The van der Waals surface area contributed by atoms with Crippen LogP contribution in [0.1, 0.15) is 24.5 Å². The molecule has 9 heteroatoms. The standard InChI is InChI=1S/C23H24F3N3O3/c1-3-15-7-6-8-17(11-15)29-13-16(12-21(29)31)22(32)28(2)14-20(30)27-19-10-5-4-9-18(19)23(24,25)26/h4-11,16H,3,12-14H2,1-2H3,(H,27,30). The second-order valence-electron chi connectivity index (χ2n) is 7.71. The minimum Gasteiger partial charge on any atom is -0.336 e. The Morgan fingerprint density at radius 1 is 1.16 bits per heavy atom. The number of anilines is 2. The summed E-state index contributed by atoms with van der Waals surface area (Å²) in [5, 5.41) is 2.22. The number of rotatable bonds is 6. The Balaban J connectivity index is 1.63. The van der Waals surface area contributed by atoms with Gasteiger partial charge >= 0.3 is 6.18 Å². The fraction of sp³-hybridized carbons (Fsp3) is 0.348. The molecule has 0 spiro atoms. The topological polar surface area (TPSA) is 69.7 Å². The molecule has 0 aliphatic carbocycles. The number of carbonyl (C=O) groups excluding carboxylic acids is 3. The quantitative estimate of drug-likeness (QED) is 0.734. The average molecular weight is 447 g/mol. The van der Waals surface area contributed by atoms with E-state index in [1.165, 1.54) is 19.2 Å². The van der Waals surface area contributed by atoms with Crippen LogP contribution in [0.5, 0.6) is 0 Å². The van der Waals surface area contributed by atoms with Crippen LogP contribution < -0.4 is 10.2 Å². The molecule has 0 radical (unpaired) electrons. The number of likely N-dealkylation sites (N-methyl/N-ethyl adjacent to an activating group) is 1. The van der Waals surface area contributed by atoms with Crippen LogP contribution in [0.15, 0.2) is 48.5 Å². The summed E-state index contributed by atoms with van der Waals surface area (Å²) in [6.45, 7) is 1.76. The van der Waals surface area contributed by atoms with Crippen LogP contribution in [0.2, 0.25) is 0 Å². The molecule has 3 rings (SSSR count). The molecule has 2 aromatic carbocycles. The van der Waals surface area contributed by atoms with Gasteiger partial charge in [-0.05, 0) is 36.2 Å². The molecule has 1 atom stereocenters. The third-order valence-electron chi connectivity index (χ3n) is 5.37. The molecule has 0 saturated carbocycles. The van der Waals surface area contributed by atoms with E-state index in [0.717, 1.165) is 29.0 Å². The summed E-state index contributed by atoms with van der Waals surface area (Å²) in [5.74, 6) is -1.98. The fourth-order valence-corrected chi connectivity index (χ4v) is 3.70. The monoisotopic (exact) mass is 447 g/mol. The second-order valence-corrected chi connectivity index (χ2v) is 7.71. The van der Waals surface area contributed by atoms with Crippen molar-refractivity contribution in [3.05, 3.63) is 59.7 Å². The lowest BCUT2D eigenvalue weighted by Gasteiger charge is -2.22. The van der Waals surface area contributed by atoms with Crippen LogP contribution in [-0.4, -0.2) is 42.8 Å². The molecule has 1 fully saturated rings. The first-order valence-corrected chi connectivity index (χ1v) is 10.2. The lowest BCUT2D eigenvalue weighted by molar-refractivity contribution is -0.138. The molecular formula is C23H24F3N3O3. The van der Waals surface area contributed by atoms with Gasteiger partial charge in [-0.2, -0.15) is 13.2 Å². The molecule has 0 aromatic heterocycles. The Hall–Kier alpha value is -3.36. The van der Waals surface area contributed by atoms with E-state index in [1.54, 1.807) is 11.0 Å². The summed E-state index contributed by atoms with van der Waals surface area (Å²) in [5.41, 5.74) is 0.448. The Labute approximate surface area is 184 Å². The van der Waals surface area contributed by atoms with Crippen LogP contribution in [0.3, 0.4) is 0 Å². The molecular weight excluding hydrogens is 423 g/mol. The van der Waals surface area contributed by atoms with Crippen LogP contribution in [0.25, 0.3) is 0 Å². The first-order chi connectivity index (χ1) is 15.1. The lowest BCUT2D eigenvalue weighted by atomic mass is 10.1. The minimum absolute atomic E-state index is 0.0120. The van der Waals surface area contributed by atoms with E-state index in [4.69, 9.17) is 0 Å². The summed E-state index contributed by atoms with van der Waals surface area (Å²) >= 11 is 0. The molecule has 6 nitrogen and oxygen atoms in total. The second kappa shape index (κ2) is 9.42. The zero-order valence-electron chi connectivity index (χ0n) is 17.8. The number of aryl methyl sites for hydroxylation is 1. The van der Waals surface area contributed by atoms with Crippen molar-refractivity contribution in [3.63, 3.8) is 0 Å². The molecule has 1 unspecified atom stereocenters. The molecule has 1 saturated heterocycles. The summed E-state index contributed by atoms with van der Waals surface area (Å²) in [6.07, 6.45) is -3.79. The van der Waals surface area contributed by atoms with Crippen molar-refractivity contribution < 1.29 is 27.6 Å². The summed E-state index contributed by atoms with van der Waals surface area (Å²) in [4.78, 5) is 40.2. The summed E-state index contributed by atoms with van der Waals surface area (Å²) < 4.78 is 39.3. The van der Waals surface area contributed by atoms with E-state index in [0.29, 0.717) is 5.69 Å². The van der Waals surface area contributed by atoms with Crippen LogP contribution in [0.4, 0.5) is 24.5 Å². The number of nitrogens with zero attached hydrogens (tertiary/aromatic N) is 2. The van der Waals surface area contributed by atoms with E-state index >= 15 is 0 Å². The van der Waals surface area contributed by atoms with Crippen molar-refractivity contribution >= 4 is 29.1 Å². The van der Waals surface area contributed by atoms with E-state index in [9.17, 15) is 27.6 Å². The Bertz CT molecular complexity index is 1020. The largest absolute Gasteiger partial charge is 0.418 e. The zero-order chi connectivity index (χ0) is 23.5. The van der Waals surface area contributed by atoms with Crippen LogP contribution in [-0.2, 0) is 27.0 Å². The Morgan fingerprint density at radius 3 is 2.56 bits per heavy atom. The number of nitrogens with one attached hydrogen (secondary N) is 1. The van der Waals surface area contributed by atoms with Gasteiger partial charge in [0, 0.05) is 25.7 Å².